The van der Waals surface area contributed by atoms with Gasteiger partial charge in [0.1, 0.15) is 0 Å². The summed E-state index contributed by atoms with van der Waals surface area (Å²) in [5.74, 6) is 1.83. The first-order chi connectivity index (χ1) is 35.1. The molecule has 0 spiro atoms. The second-order valence-corrected chi connectivity index (χ2v) is 19.4. The molecule has 0 amide bonds. The van der Waals surface area contributed by atoms with Gasteiger partial charge in [0.2, 0.25) is 0 Å². The second kappa shape index (κ2) is 16.8. The third kappa shape index (κ3) is 7.24. The lowest BCUT2D eigenvalue weighted by Gasteiger charge is -2.17. The summed E-state index contributed by atoms with van der Waals surface area (Å²) in [6.07, 6.45) is 0. The Labute approximate surface area is 414 Å². The molecule has 2 heterocycles. The van der Waals surface area contributed by atoms with Gasteiger partial charge in [0.25, 0.3) is 0 Å². The molecule has 4 heteroatoms. The zero-order valence-corrected chi connectivity index (χ0v) is 39.2. The predicted molar refractivity (Wildman–Crippen MR) is 301 cm³/mol. The quantitative estimate of drug-likeness (QED) is 0.150. The van der Waals surface area contributed by atoms with E-state index in [1.165, 1.54) is 52.5 Å². The summed E-state index contributed by atoms with van der Waals surface area (Å²) in [4.78, 5) is 16.5. The summed E-state index contributed by atoms with van der Waals surface area (Å²) in [5.41, 5.74) is 11.7. The third-order valence-corrected chi connectivity index (χ3v) is 15.2. The van der Waals surface area contributed by atoms with Gasteiger partial charge in [-0.05, 0) is 124 Å². The smallest absolute Gasteiger partial charge is 0.165 e. The van der Waals surface area contributed by atoms with Crippen molar-refractivity contribution in [3.05, 3.63) is 249 Å². The van der Waals surface area contributed by atoms with E-state index in [0.717, 1.165) is 72.0 Å². The number of fused-ring (bicyclic) bond motifs is 8. The van der Waals surface area contributed by atoms with Gasteiger partial charge in [0, 0.05) is 36.9 Å². The molecular formula is C67H41N3S. The molecule has 0 aliphatic carbocycles. The van der Waals surface area contributed by atoms with Crippen molar-refractivity contribution in [3.8, 4) is 78.7 Å². The van der Waals surface area contributed by atoms with Crippen molar-refractivity contribution in [2.75, 3.05) is 0 Å². The summed E-state index contributed by atoms with van der Waals surface area (Å²) >= 11 is 1.84. The Morgan fingerprint density at radius 3 is 1.61 bits per heavy atom. The maximum absolute atomic E-state index is 5.55. The molecule has 0 bridgehead atoms. The van der Waals surface area contributed by atoms with Crippen LogP contribution in [0.3, 0.4) is 0 Å². The van der Waals surface area contributed by atoms with Gasteiger partial charge in [-0.2, -0.15) is 0 Å². The fourth-order valence-corrected chi connectivity index (χ4v) is 11.7. The van der Waals surface area contributed by atoms with Crippen LogP contribution in [0, 0.1) is 0 Å². The molecule has 0 aliphatic rings. The van der Waals surface area contributed by atoms with Crippen LogP contribution in [0.2, 0.25) is 0 Å². The Kier molecular flexibility index (Phi) is 9.71. The third-order valence-electron chi connectivity index (χ3n) is 14.1. The predicted octanol–water partition coefficient (Wildman–Crippen LogP) is 18.5. The Morgan fingerprint density at radius 1 is 0.225 bits per heavy atom. The standard InChI is InChI=1S/C67H41N3S/c1-2-13-42(14-3-1)48-29-28-45-31-34-56(51-30-27-43-15-4-5-17-46(43)37-51)64(61(45)40-48)67-69-65(52-20-10-18-47(38-52)49-33-36-60-59-23-8-9-26-62(59)71-63(60)41-49)68-66(70-67)53-21-11-19-50(39-53)55-24-12-25-57-54-22-7-6-16-44(54)32-35-58(55)57/h1-41H. The Hall–Kier alpha value is -9.09. The van der Waals surface area contributed by atoms with Gasteiger partial charge in [0.15, 0.2) is 17.5 Å². The zero-order valence-electron chi connectivity index (χ0n) is 38.4. The molecule has 0 atom stereocenters. The molecule has 0 aliphatic heterocycles. The van der Waals surface area contributed by atoms with Crippen LogP contribution in [0.4, 0.5) is 0 Å². The number of rotatable bonds is 7. The van der Waals surface area contributed by atoms with Crippen molar-refractivity contribution in [1.82, 2.24) is 15.0 Å². The fourth-order valence-electron chi connectivity index (χ4n) is 10.6. The minimum Gasteiger partial charge on any atom is -0.208 e. The minimum atomic E-state index is 0.607. The summed E-state index contributed by atoms with van der Waals surface area (Å²) in [6.45, 7) is 0. The molecular weight excluding hydrogens is 879 g/mol. The first-order valence-corrected chi connectivity index (χ1v) is 24.9. The van der Waals surface area contributed by atoms with Crippen molar-refractivity contribution in [1.29, 1.82) is 0 Å². The molecule has 0 radical (unpaired) electrons. The van der Waals surface area contributed by atoms with Gasteiger partial charge in [0.05, 0.1) is 0 Å². The molecule has 0 saturated carbocycles. The zero-order chi connectivity index (χ0) is 46.8. The molecule has 12 aromatic carbocycles. The summed E-state index contributed by atoms with van der Waals surface area (Å²) in [5, 5.41) is 12.0. The number of hydrogen-bond donors (Lipinski definition) is 0. The molecule has 71 heavy (non-hydrogen) atoms. The maximum atomic E-state index is 5.55. The van der Waals surface area contributed by atoms with Crippen LogP contribution in [0.15, 0.2) is 249 Å². The number of benzene rings is 12. The average molecular weight is 920 g/mol. The van der Waals surface area contributed by atoms with E-state index in [9.17, 15) is 0 Å². The molecule has 0 N–H and O–H groups in total. The van der Waals surface area contributed by atoms with Gasteiger partial charge in [-0.3, -0.25) is 0 Å². The summed E-state index contributed by atoms with van der Waals surface area (Å²) in [7, 11) is 0. The van der Waals surface area contributed by atoms with E-state index in [1.54, 1.807) is 0 Å². The molecule has 0 fully saturated rings. The molecule has 14 rings (SSSR count). The van der Waals surface area contributed by atoms with Crippen LogP contribution in [-0.2, 0) is 0 Å². The largest absolute Gasteiger partial charge is 0.208 e. The van der Waals surface area contributed by atoms with Crippen LogP contribution in [0.1, 0.15) is 0 Å². The minimum absolute atomic E-state index is 0.607. The van der Waals surface area contributed by atoms with E-state index in [1.807, 2.05) is 11.3 Å². The highest BCUT2D eigenvalue weighted by molar-refractivity contribution is 7.25. The molecule has 330 valence electrons. The van der Waals surface area contributed by atoms with Crippen molar-refractivity contribution < 1.29 is 0 Å². The van der Waals surface area contributed by atoms with Gasteiger partial charge in [-0.15, -0.1) is 11.3 Å². The van der Waals surface area contributed by atoms with Crippen LogP contribution in [0.25, 0.3) is 142 Å². The lowest BCUT2D eigenvalue weighted by molar-refractivity contribution is 1.08. The highest BCUT2D eigenvalue weighted by Gasteiger charge is 2.21. The van der Waals surface area contributed by atoms with Crippen LogP contribution < -0.4 is 0 Å². The summed E-state index contributed by atoms with van der Waals surface area (Å²) in [6, 6.07) is 89.7. The average Bonchev–Trinajstić information content (AvgIpc) is 3.82. The van der Waals surface area contributed by atoms with E-state index >= 15 is 0 Å². The first kappa shape index (κ1) is 40.9. The van der Waals surface area contributed by atoms with E-state index < -0.39 is 0 Å². The van der Waals surface area contributed by atoms with Gasteiger partial charge in [-0.25, -0.2) is 15.0 Å². The SMILES string of the molecule is c1ccc(-c2ccc3ccc(-c4ccc5ccccc5c4)c(-c4nc(-c5cccc(-c6ccc7c(c6)sc6ccccc67)c5)nc(-c5cccc(-c6cccc7c6ccc6ccccc67)c5)n4)c3c2)cc1. The highest BCUT2D eigenvalue weighted by atomic mass is 32.1. The maximum Gasteiger partial charge on any atom is 0.165 e. The topological polar surface area (TPSA) is 38.7 Å². The van der Waals surface area contributed by atoms with Gasteiger partial charge >= 0.3 is 0 Å². The molecule has 3 nitrogen and oxygen atoms in total. The van der Waals surface area contributed by atoms with E-state index in [0.29, 0.717) is 17.5 Å². The van der Waals surface area contributed by atoms with Crippen LogP contribution >= 0.6 is 11.3 Å². The highest BCUT2D eigenvalue weighted by Crippen LogP contribution is 2.42. The number of hydrogen-bond acceptors (Lipinski definition) is 4. The lowest BCUT2D eigenvalue weighted by Crippen LogP contribution is -2.02. The number of thiophene rings is 1. The normalized spacial score (nSPS) is 11.7. The Bertz CT molecular complexity index is 4420. The van der Waals surface area contributed by atoms with Crippen molar-refractivity contribution in [2.45, 2.75) is 0 Å². The molecule has 0 saturated heterocycles. The van der Waals surface area contributed by atoms with Crippen molar-refractivity contribution in [2.24, 2.45) is 0 Å². The van der Waals surface area contributed by atoms with E-state index in [4.69, 9.17) is 15.0 Å². The number of aromatic nitrogens is 3. The second-order valence-electron chi connectivity index (χ2n) is 18.3. The molecule has 14 aromatic rings. The van der Waals surface area contributed by atoms with E-state index in [-0.39, 0.29) is 0 Å². The lowest BCUT2D eigenvalue weighted by atomic mass is 9.90. The van der Waals surface area contributed by atoms with Crippen LogP contribution in [-0.4, -0.2) is 15.0 Å². The molecule has 2 aromatic heterocycles. The monoisotopic (exact) mass is 919 g/mol. The summed E-state index contributed by atoms with van der Waals surface area (Å²) < 4.78 is 2.56. The van der Waals surface area contributed by atoms with Gasteiger partial charge < -0.3 is 0 Å². The van der Waals surface area contributed by atoms with Crippen LogP contribution in [0.5, 0.6) is 0 Å². The molecule has 0 unspecified atom stereocenters. The van der Waals surface area contributed by atoms with Crippen molar-refractivity contribution >= 4 is 74.6 Å². The number of nitrogens with zero attached hydrogens (tertiary/aromatic N) is 3. The van der Waals surface area contributed by atoms with E-state index in [2.05, 4.69) is 249 Å². The Morgan fingerprint density at radius 2 is 0.746 bits per heavy atom. The first-order valence-electron chi connectivity index (χ1n) is 24.1. The Balaban J connectivity index is 0.999. The fraction of sp³-hybridized carbons (Fsp3) is 0. The van der Waals surface area contributed by atoms with Crippen molar-refractivity contribution in [3.63, 3.8) is 0 Å². The van der Waals surface area contributed by atoms with Gasteiger partial charge in [-0.1, -0.05) is 212 Å².